The van der Waals surface area contributed by atoms with Crippen LogP contribution in [0.5, 0.6) is 0 Å². The molecule has 0 amide bonds. The Morgan fingerprint density at radius 2 is 1.68 bits per heavy atom. The van der Waals surface area contributed by atoms with E-state index in [1.165, 1.54) is 5.56 Å². The first-order valence-electron chi connectivity index (χ1n) is 5.99. The third-order valence-corrected chi connectivity index (χ3v) is 4.11. The second kappa shape index (κ2) is 6.62. The molecule has 19 heavy (non-hydrogen) atoms. The molecule has 0 bridgehead atoms. The summed E-state index contributed by atoms with van der Waals surface area (Å²) in [5.41, 5.74) is 2.18. The highest BCUT2D eigenvalue weighted by Crippen LogP contribution is 2.26. The first kappa shape index (κ1) is 14.7. The maximum absolute atomic E-state index is 6.15. The standard InChI is InChI=1S/C15H14Cl3N/c1-10(11-5-7-13(16)8-6-11)19-9-12-3-2-4-14(17)15(12)18/h2-8,10,19H,9H2,1H3/t10-/m1/s1. The lowest BCUT2D eigenvalue weighted by Crippen LogP contribution is -2.18. The Hall–Kier alpha value is -0.730. The van der Waals surface area contributed by atoms with Crippen LogP contribution in [-0.4, -0.2) is 0 Å². The summed E-state index contributed by atoms with van der Waals surface area (Å²) in [7, 11) is 0. The largest absolute Gasteiger partial charge is 0.306 e. The molecular formula is C15H14Cl3N. The van der Waals surface area contributed by atoms with E-state index in [0.717, 1.165) is 10.6 Å². The lowest BCUT2D eigenvalue weighted by atomic mass is 10.1. The summed E-state index contributed by atoms with van der Waals surface area (Å²) in [4.78, 5) is 0. The van der Waals surface area contributed by atoms with Crippen molar-refractivity contribution >= 4 is 34.8 Å². The Morgan fingerprint density at radius 1 is 1.00 bits per heavy atom. The van der Waals surface area contributed by atoms with Crippen molar-refractivity contribution < 1.29 is 0 Å². The zero-order valence-electron chi connectivity index (χ0n) is 10.5. The van der Waals surface area contributed by atoms with E-state index in [2.05, 4.69) is 12.2 Å². The average molecular weight is 315 g/mol. The predicted molar refractivity (Wildman–Crippen MR) is 83.2 cm³/mol. The minimum Gasteiger partial charge on any atom is -0.306 e. The van der Waals surface area contributed by atoms with Crippen molar-refractivity contribution in [3.05, 3.63) is 68.7 Å². The number of hydrogen-bond acceptors (Lipinski definition) is 1. The van der Waals surface area contributed by atoms with Gasteiger partial charge >= 0.3 is 0 Å². The van der Waals surface area contributed by atoms with Crippen LogP contribution in [0.3, 0.4) is 0 Å². The molecule has 0 radical (unpaired) electrons. The van der Waals surface area contributed by atoms with Crippen LogP contribution in [0.2, 0.25) is 15.1 Å². The first-order chi connectivity index (χ1) is 9.08. The average Bonchev–Trinajstić information content (AvgIpc) is 2.41. The smallest absolute Gasteiger partial charge is 0.0637 e. The summed E-state index contributed by atoms with van der Waals surface area (Å²) in [6, 6.07) is 13.7. The van der Waals surface area contributed by atoms with Crippen molar-refractivity contribution in [2.45, 2.75) is 19.5 Å². The van der Waals surface area contributed by atoms with E-state index >= 15 is 0 Å². The quantitative estimate of drug-likeness (QED) is 0.786. The molecule has 0 aliphatic carbocycles. The summed E-state index contributed by atoms with van der Waals surface area (Å²) < 4.78 is 0. The topological polar surface area (TPSA) is 12.0 Å². The molecule has 1 nitrogen and oxygen atoms in total. The minimum absolute atomic E-state index is 0.215. The third-order valence-electron chi connectivity index (χ3n) is 3.00. The molecule has 0 aromatic heterocycles. The summed E-state index contributed by atoms with van der Waals surface area (Å²) in [6.45, 7) is 2.77. The van der Waals surface area contributed by atoms with Gasteiger partial charge in [-0.1, -0.05) is 59.1 Å². The Bertz CT molecular complexity index is 552. The zero-order chi connectivity index (χ0) is 13.8. The molecule has 2 aromatic carbocycles. The van der Waals surface area contributed by atoms with Gasteiger partial charge in [-0.15, -0.1) is 0 Å². The zero-order valence-corrected chi connectivity index (χ0v) is 12.7. The molecule has 2 rings (SSSR count). The molecule has 4 heteroatoms. The summed E-state index contributed by atoms with van der Waals surface area (Å²) >= 11 is 18.0. The van der Waals surface area contributed by atoms with Gasteiger partial charge in [0.1, 0.15) is 0 Å². The molecule has 2 aromatic rings. The van der Waals surface area contributed by atoms with Gasteiger partial charge in [-0.2, -0.15) is 0 Å². The number of nitrogens with one attached hydrogen (secondary N) is 1. The van der Waals surface area contributed by atoms with E-state index in [4.69, 9.17) is 34.8 Å². The lowest BCUT2D eigenvalue weighted by Gasteiger charge is -2.15. The van der Waals surface area contributed by atoms with Crippen LogP contribution in [-0.2, 0) is 6.54 Å². The fourth-order valence-corrected chi connectivity index (χ4v) is 2.33. The van der Waals surface area contributed by atoms with Crippen LogP contribution in [0.1, 0.15) is 24.1 Å². The van der Waals surface area contributed by atoms with Gasteiger partial charge in [0.15, 0.2) is 0 Å². The van der Waals surface area contributed by atoms with E-state index in [-0.39, 0.29) is 6.04 Å². The normalized spacial score (nSPS) is 12.4. The van der Waals surface area contributed by atoms with Gasteiger partial charge in [0.25, 0.3) is 0 Å². The summed E-state index contributed by atoms with van der Waals surface area (Å²) in [6.07, 6.45) is 0. The number of hydrogen-bond donors (Lipinski definition) is 1. The highest BCUT2D eigenvalue weighted by atomic mass is 35.5. The number of halogens is 3. The van der Waals surface area contributed by atoms with Gasteiger partial charge in [-0.25, -0.2) is 0 Å². The van der Waals surface area contributed by atoms with Crippen molar-refractivity contribution in [1.29, 1.82) is 0 Å². The summed E-state index contributed by atoms with van der Waals surface area (Å²) in [5.74, 6) is 0. The van der Waals surface area contributed by atoms with E-state index in [9.17, 15) is 0 Å². The molecule has 0 aliphatic heterocycles. The summed E-state index contributed by atoms with van der Waals surface area (Å²) in [5, 5.41) is 5.36. The van der Waals surface area contributed by atoms with E-state index in [1.54, 1.807) is 6.07 Å². The van der Waals surface area contributed by atoms with Gasteiger partial charge in [0.05, 0.1) is 10.0 Å². The van der Waals surface area contributed by atoms with Gasteiger partial charge in [-0.05, 0) is 36.2 Å². The van der Waals surface area contributed by atoms with Crippen LogP contribution in [0.25, 0.3) is 0 Å². The SMILES string of the molecule is C[C@@H](NCc1cccc(Cl)c1Cl)c1ccc(Cl)cc1. The Labute approximate surface area is 128 Å². The minimum atomic E-state index is 0.215. The Balaban J connectivity index is 2.02. The van der Waals surface area contributed by atoms with Crippen LogP contribution in [0, 0.1) is 0 Å². The van der Waals surface area contributed by atoms with Gasteiger partial charge in [0, 0.05) is 17.6 Å². The second-order valence-electron chi connectivity index (χ2n) is 4.37. The molecule has 0 heterocycles. The van der Waals surface area contributed by atoms with E-state index in [0.29, 0.717) is 16.6 Å². The maximum atomic E-state index is 6.15. The molecule has 0 aliphatic rings. The molecule has 0 unspecified atom stereocenters. The number of benzene rings is 2. The van der Waals surface area contributed by atoms with E-state index in [1.807, 2.05) is 36.4 Å². The Kier molecular flexibility index (Phi) is 5.12. The van der Waals surface area contributed by atoms with Crippen LogP contribution in [0.15, 0.2) is 42.5 Å². The van der Waals surface area contributed by atoms with Crippen molar-refractivity contribution in [1.82, 2.24) is 5.32 Å². The van der Waals surface area contributed by atoms with Crippen molar-refractivity contribution in [3.8, 4) is 0 Å². The fraction of sp³-hybridized carbons (Fsp3) is 0.200. The van der Waals surface area contributed by atoms with Crippen LogP contribution in [0.4, 0.5) is 0 Å². The molecule has 0 spiro atoms. The van der Waals surface area contributed by atoms with Crippen molar-refractivity contribution in [3.63, 3.8) is 0 Å². The molecular weight excluding hydrogens is 301 g/mol. The monoisotopic (exact) mass is 313 g/mol. The Morgan fingerprint density at radius 3 is 2.37 bits per heavy atom. The molecule has 0 saturated carbocycles. The molecule has 1 N–H and O–H groups in total. The second-order valence-corrected chi connectivity index (χ2v) is 5.59. The van der Waals surface area contributed by atoms with Crippen LogP contribution >= 0.6 is 34.8 Å². The first-order valence-corrected chi connectivity index (χ1v) is 7.13. The number of rotatable bonds is 4. The maximum Gasteiger partial charge on any atom is 0.0637 e. The van der Waals surface area contributed by atoms with Gasteiger partial charge in [0.2, 0.25) is 0 Å². The van der Waals surface area contributed by atoms with Crippen LogP contribution < -0.4 is 5.32 Å². The highest BCUT2D eigenvalue weighted by molar-refractivity contribution is 6.42. The highest BCUT2D eigenvalue weighted by Gasteiger charge is 2.08. The molecule has 0 fully saturated rings. The van der Waals surface area contributed by atoms with Gasteiger partial charge < -0.3 is 5.32 Å². The predicted octanol–water partition coefficient (Wildman–Crippen LogP) is 5.50. The van der Waals surface area contributed by atoms with Gasteiger partial charge in [-0.3, -0.25) is 0 Å². The molecule has 1 atom stereocenters. The fourth-order valence-electron chi connectivity index (χ4n) is 1.82. The van der Waals surface area contributed by atoms with Crippen molar-refractivity contribution in [2.75, 3.05) is 0 Å². The lowest BCUT2D eigenvalue weighted by molar-refractivity contribution is 0.575. The molecule has 100 valence electrons. The van der Waals surface area contributed by atoms with Crippen molar-refractivity contribution in [2.24, 2.45) is 0 Å². The molecule has 0 saturated heterocycles. The van der Waals surface area contributed by atoms with E-state index < -0.39 is 0 Å². The third kappa shape index (κ3) is 3.87.